The lowest BCUT2D eigenvalue weighted by molar-refractivity contribution is -0.136. The number of benzene rings is 2. The molecule has 4 N–H and O–H groups in total. The summed E-state index contributed by atoms with van der Waals surface area (Å²) in [6, 6.07) is 11.3. The zero-order chi connectivity index (χ0) is 28.7. The number of hydrogen-bond acceptors (Lipinski definition) is 7. The van der Waals surface area contributed by atoms with E-state index in [0.717, 1.165) is 12.8 Å². The van der Waals surface area contributed by atoms with E-state index in [1.165, 1.54) is 11.8 Å². The highest BCUT2D eigenvalue weighted by Crippen LogP contribution is 2.48. The Morgan fingerprint density at radius 3 is 2.78 bits per heavy atom. The maximum Gasteiger partial charge on any atom is 0.326 e. The van der Waals surface area contributed by atoms with Gasteiger partial charge in [0.1, 0.15) is 12.4 Å². The Morgan fingerprint density at radius 2 is 2.00 bits per heavy atom. The third-order valence-electron chi connectivity index (χ3n) is 8.14. The van der Waals surface area contributed by atoms with Crippen molar-refractivity contribution in [2.75, 3.05) is 31.1 Å². The molecule has 0 aromatic heterocycles. The van der Waals surface area contributed by atoms with Crippen LogP contribution in [0.15, 0.2) is 53.1 Å². The number of anilines is 1. The number of para-hydroxylation sites is 1. The van der Waals surface area contributed by atoms with Crippen molar-refractivity contribution in [2.45, 2.75) is 43.6 Å². The Balaban J connectivity index is 1.24. The summed E-state index contributed by atoms with van der Waals surface area (Å²) in [7, 11) is 0. The second-order valence-corrected chi connectivity index (χ2v) is 11.8. The first-order valence-electron chi connectivity index (χ1n) is 13.8. The van der Waals surface area contributed by atoms with Crippen LogP contribution in [0.25, 0.3) is 0 Å². The van der Waals surface area contributed by atoms with Gasteiger partial charge in [-0.15, -0.1) is 0 Å². The summed E-state index contributed by atoms with van der Waals surface area (Å²) >= 11 is 1.39. The lowest BCUT2D eigenvalue weighted by atomic mass is 9.86. The molecule has 0 radical (unpaired) electrons. The Labute approximate surface area is 241 Å². The van der Waals surface area contributed by atoms with Gasteiger partial charge in [-0.1, -0.05) is 30.0 Å². The van der Waals surface area contributed by atoms with Crippen molar-refractivity contribution in [3.63, 3.8) is 0 Å². The molecule has 4 heterocycles. The van der Waals surface area contributed by atoms with Gasteiger partial charge in [-0.05, 0) is 57.0 Å². The predicted molar refractivity (Wildman–Crippen MR) is 152 cm³/mol. The topological polar surface area (TPSA) is 123 Å². The first-order chi connectivity index (χ1) is 19.9. The number of aliphatic hydroxyl groups is 1. The van der Waals surface area contributed by atoms with Gasteiger partial charge in [-0.2, -0.15) is 0 Å². The molecule has 41 heavy (non-hydrogen) atoms. The number of thioether (sulfide) groups is 1. The van der Waals surface area contributed by atoms with E-state index in [-0.39, 0.29) is 40.9 Å². The van der Waals surface area contributed by atoms with Crippen LogP contribution in [0.3, 0.4) is 0 Å². The van der Waals surface area contributed by atoms with Crippen molar-refractivity contribution in [1.82, 2.24) is 20.9 Å². The Kier molecular flexibility index (Phi) is 7.62. The second kappa shape index (κ2) is 11.3. The van der Waals surface area contributed by atoms with Crippen LogP contribution in [0.2, 0.25) is 0 Å². The number of carbonyl (C=O) groups excluding carboxylic acids is 3. The highest BCUT2D eigenvalue weighted by molar-refractivity contribution is 8.04. The summed E-state index contributed by atoms with van der Waals surface area (Å²) in [6.07, 6.45) is 2.08. The molecule has 4 amide bonds. The molecule has 6 rings (SSSR count). The van der Waals surface area contributed by atoms with Crippen LogP contribution in [-0.4, -0.2) is 71.6 Å². The lowest BCUT2D eigenvalue weighted by Crippen LogP contribution is -2.62. The minimum absolute atomic E-state index is 0.0796. The predicted octanol–water partition coefficient (Wildman–Crippen LogP) is 2.82. The van der Waals surface area contributed by atoms with Crippen molar-refractivity contribution in [2.24, 2.45) is 5.92 Å². The third kappa shape index (κ3) is 5.15. The maximum absolute atomic E-state index is 15.5. The summed E-state index contributed by atoms with van der Waals surface area (Å²) < 4.78 is 21.3. The van der Waals surface area contributed by atoms with Crippen LogP contribution in [0.1, 0.15) is 24.8 Å². The van der Waals surface area contributed by atoms with E-state index in [1.54, 1.807) is 53.1 Å². The number of nitrogens with one attached hydrogen (secondary N) is 3. The number of carbonyl (C=O) groups is 3. The van der Waals surface area contributed by atoms with Gasteiger partial charge in [0.2, 0.25) is 5.91 Å². The Bertz CT molecular complexity index is 1410. The van der Waals surface area contributed by atoms with E-state index in [4.69, 9.17) is 4.74 Å². The van der Waals surface area contributed by atoms with Crippen molar-refractivity contribution in [3.05, 3.63) is 64.4 Å². The normalized spacial score (nSPS) is 25.5. The van der Waals surface area contributed by atoms with E-state index in [2.05, 4.69) is 16.0 Å². The summed E-state index contributed by atoms with van der Waals surface area (Å²) in [6.45, 7) is 2.60. The molecule has 216 valence electrons. The van der Waals surface area contributed by atoms with Crippen LogP contribution < -0.4 is 25.6 Å². The number of aliphatic hydroxyl groups excluding tert-OH is 1. The molecule has 3 saturated heterocycles. The van der Waals surface area contributed by atoms with Crippen LogP contribution in [0, 0.1) is 18.7 Å². The zero-order valence-electron chi connectivity index (χ0n) is 22.6. The number of ether oxygens (including phenoxy) is 1. The molecule has 0 saturated carbocycles. The van der Waals surface area contributed by atoms with Gasteiger partial charge in [0.15, 0.2) is 11.6 Å². The lowest BCUT2D eigenvalue weighted by Gasteiger charge is -2.46. The fourth-order valence-corrected chi connectivity index (χ4v) is 7.58. The van der Waals surface area contributed by atoms with E-state index in [1.807, 2.05) is 6.07 Å². The van der Waals surface area contributed by atoms with E-state index >= 15 is 4.39 Å². The highest BCUT2D eigenvalue weighted by atomic mass is 32.2. The summed E-state index contributed by atoms with van der Waals surface area (Å²) in [5.74, 6) is -0.773. The summed E-state index contributed by atoms with van der Waals surface area (Å²) in [5.41, 5.74) is 1.35. The first kappa shape index (κ1) is 27.6. The molecule has 0 spiro atoms. The number of hydrogen-bond donors (Lipinski definition) is 4. The summed E-state index contributed by atoms with van der Waals surface area (Å²) in [5, 5.41) is 18.5. The van der Waals surface area contributed by atoms with Gasteiger partial charge < -0.3 is 30.7 Å². The molecule has 0 bridgehead atoms. The van der Waals surface area contributed by atoms with Crippen molar-refractivity contribution < 1.29 is 28.6 Å². The number of halogens is 1. The van der Waals surface area contributed by atoms with Gasteiger partial charge in [-0.3, -0.25) is 14.5 Å². The van der Waals surface area contributed by atoms with Gasteiger partial charge in [0.25, 0.3) is 5.91 Å². The first-order valence-corrected chi connectivity index (χ1v) is 14.7. The standard InChI is InChI=1S/C29H32FN5O5S/c1-16-19(9-10-21(24(16)30)40-18-7-3-2-4-8-18)35-20-11-12-31-28-23(20)25(33-29(35)39)26(41-28)27(38)32-17-6-5-13-34(14-17)22(37)15-36/h2-4,7-10,17,20,23,28,31,36H,5-6,11-15H2,1H3,(H,32,38)(H,33,39)/t17-,20?,23?,28?/m1/s1. The van der Waals surface area contributed by atoms with Gasteiger partial charge in [-0.25, -0.2) is 9.18 Å². The molecule has 12 heteroatoms. The number of piperidine rings is 2. The number of nitrogens with zero attached hydrogens (tertiary/aromatic N) is 2. The van der Waals surface area contributed by atoms with E-state index < -0.39 is 18.5 Å². The van der Waals surface area contributed by atoms with Crippen molar-refractivity contribution >= 4 is 35.3 Å². The molecule has 2 aromatic rings. The van der Waals surface area contributed by atoms with E-state index in [0.29, 0.717) is 53.7 Å². The SMILES string of the molecule is Cc1c(N2C(=O)NC3=C(C(=O)N[C@@H]4CCCN(C(=O)CO)C4)SC4NCCC2C34)ccc(Oc2ccccc2)c1F. The minimum atomic E-state index is -0.559. The largest absolute Gasteiger partial charge is 0.454 e. The van der Waals surface area contributed by atoms with Gasteiger partial charge >= 0.3 is 6.03 Å². The average molecular weight is 582 g/mol. The van der Waals surface area contributed by atoms with E-state index in [9.17, 15) is 19.5 Å². The zero-order valence-corrected chi connectivity index (χ0v) is 23.4. The molecule has 2 aromatic carbocycles. The molecule has 4 aliphatic heterocycles. The van der Waals surface area contributed by atoms with Crippen LogP contribution in [0.5, 0.6) is 11.5 Å². The summed E-state index contributed by atoms with van der Waals surface area (Å²) in [4.78, 5) is 42.6. The average Bonchev–Trinajstić information content (AvgIpc) is 3.36. The molecule has 3 fully saturated rings. The smallest absolute Gasteiger partial charge is 0.326 e. The second-order valence-electron chi connectivity index (χ2n) is 10.7. The molecule has 0 aliphatic carbocycles. The monoisotopic (exact) mass is 581 g/mol. The highest BCUT2D eigenvalue weighted by Gasteiger charge is 2.52. The number of likely N-dealkylation sites (tertiary alicyclic amines) is 1. The minimum Gasteiger partial charge on any atom is -0.454 e. The molecule has 10 nitrogen and oxygen atoms in total. The number of amides is 4. The number of rotatable bonds is 6. The molecule has 3 unspecified atom stereocenters. The maximum atomic E-state index is 15.5. The van der Waals surface area contributed by atoms with Crippen molar-refractivity contribution in [1.29, 1.82) is 0 Å². The third-order valence-corrected chi connectivity index (χ3v) is 9.50. The fourth-order valence-electron chi connectivity index (χ4n) is 6.18. The molecular formula is C29H32FN5O5S. The molecule has 4 aliphatic rings. The molecular weight excluding hydrogens is 549 g/mol. The number of urea groups is 1. The quantitative estimate of drug-likeness (QED) is 0.414. The molecule has 4 atom stereocenters. The van der Waals surface area contributed by atoms with Crippen molar-refractivity contribution in [3.8, 4) is 11.5 Å². The Hall–Kier alpha value is -3.61. The van der Waals surface area contributed by atoms with Gasteiger partial charge in [0.05, 0.1) is 22.0 Å². The van der Waals surface area contributed by atoms with Crippen LogP contribution in [0.4, 0.5) is 14.9 Å². The van der Waals surface area contributed by atoms with Gasteiger partial charge in [0, 0.05) is 36.3 Å². The van der Waals surface area contributed by atoms with Crippen LogP contribution >= 0.6 is 11.8 Å². The Morgan fingerprint density at radius 1 is 1.20 bits per heavy atom. The van der Waals surface area contributed by atoms with Crippen LogP contribution in [-0.2, 0) is 9.59 Å². The fraction of sp³-hybridized carbons (Fsp3) is 0.414.